The summed E-state index contributed by atoms with van der Waals surface area (Å²) >= 11 is 0. The Bertz CT molecular complexity index is 546. The molecule has 0 amide bonds. The van der Waals surface area contributed by atoms with Crippen LogP contribution in [0.4, 0.5) is 18.9 Å². The van der Waals surface area contributed by atoms with E-state index in [1.54, 1.807) is 6.07 Å². The summed E-state index contributed by atoms with van der Waals surface area (Å²) in [5.41, 5.74) is 4.09. The molecule has 87 valence electrons. The summed E-state index contributed by atoms with van der Waals surface area (Å²) in [6.45, 7) is 0. The van der Waals surface area contributed by atoms with E-state index in [2.05, 4.69) is 11.1 Å². The molecule has 1 heterocycles. The van der Waals surface area contributed by atoms with Crippen LogP contribution < -0.4 is 10.5 Å². The molecule has 6 heteroatoms. The monoisotopic (exact) mass is 239 g/mol. The van der Waals surface area contributed by atoms with E-state index in [1.165, 1.54) is 12.3 Å². The van der Waals surface area contributed by atoms with Gasteiger partial charge in [-0.3, -0.25) is 0 Å². The Morgan fingerprint density at radius 3 is 2.65 bits per heavy atom. The van der Waals surface area contributed by atoms with Crippen LogP contribution in [0.3, 0.4) is 0 Å². The highest BCUT2D eigenvalue weighted by Gasteiger charge is 2.18. The van der Waals surface area contributed by atoms with Crippen molar-refractivity contribution in [2.45, 2.75) is 0 Å². The van der Waals surface area contributed by atoms with Crippen molar-refractivity contribution in [3.63, 3.8) is 0 Å². The van der Waals surface area contributed by atoms with Crippen molar-refractivity contribution in [2.75, 3.05) is 5.73 Å². The lowest BCUT2D eigenvalue weighted by atomic mass is 10.2. The fraction of sp³-hybridized carbons (Fsp3) is 0. The number of anilines is 1. The molecule has 0 atom stereocenters. The minimum Gasteiger partial charge on any atom is -0.435 e. The van der Waals surface area contributed by atoms with Crippen LogP contribution in [0.5, 0.6) is 11.6 Å². The van der Waals surface area contributed by atoms with Crippen molar-refractivity contribution in [1.82, 2.24) is 4.98 Å². The molecule has 1 aromatic carbocycles. The van der Waals surface area contributed by atoms with Gasteiger partial charge in [-0.2, -0.15) is 4.39 Å². The molecular formula is C11H6F3N2O. The van der Waals surface area contributed by atoms with Gasteiger partial charge in [-0.05, 0) is 12.1 Å². The third-order valence-electron chi connectivity index (χ3n) is 1.95. The van der Waals surface area contributed by atoms with E-state index in [4.69, 9.17) is 10.5 Å². The zero-order valence-electron chi connectivity index (χ0n) is 8.38. The van der Waals surface area contributed by atoms with Gasteiger partial charge in [0.15, 0.2) is 17.4 Å². The highest BCUT2D eigenvalue weighted by molar-refractivity contribution is 5.47. The predicted molar refractivity (Wildman–Crippen MR) is 53.9 cm³/mol. The maximum atomic E-state index is 13.3. The van der Waals surface area contributed by atoms with E-state index < -0.39 is 28.9 Å². The van der Waals surface area contributed by atoms with Gasteiger partial charge < -0.3 is 10.5 Å². The first-order chi connectivity index (χ1) is 8.09. The van der Waals surface area contributed by atoms with Crippen LogP contribution in [0, 0.1) is 23.5 Å². The second-order valence-corrected chi connectivity index (χ2v) is 3.09. The molecule has 0 saturated carbocycles. The highest BCUT2D eigenvalue weighted by atomic mass is 19.2. The van der Waals surface area contributed by atoms with Crippen molar-refractivity contribution >= 4 is 5.69 Å². The second kappa shape index (κ2) is 4.32. The first kappa shape index (κ1) is 11.3. The zero-order valence-corrected chi connectivity index (χ0v) is 8.38. The number of nitrogens with zero attached hydrogens (tertiary/aromatic N) is 1. The molecule has 0 spiro atoms. The van der Waals surface area contributed by atoms with Crippen LogP contribution in [0.2, 0.25) is 0 Å². The average Bonchev–Trinajstić information content (AvgIpc) is 2.35. The lowest BCUT2D eigenvalue weighted by Gasteiger charge is -2.07. The number of ether oxygens (including phenoxy) is 1. The normalized spacial score (nSPS) is 10.3. The lowest BCUT2D eigenvalue weighted by Crippen LogP contribution is -2.01. The Kier molecular flexibility index (Phi) is 2.86. The summed E-state index contributed by atoms with van der Waals surface area (Å²) in [6, 6.07) is 6.20. The van der Waals surface area contributed by atoms with E-state index in [0.717, 1.165) is 0 Å². The van der Waals surface area contributed by atoms with Gasteiger partial charge in [0.05, 0.1) is 0 Å². The molecule has 2 rings (SSSR count). The van der Waals surface area contributed by atoms with Crippen molar-refractivity contribution < 1.29 is 17.9 Å². The van der Waals surface area contributed by atoms with Gasteiger partial charge >= 0.3 is 0 Å². The van der Waals surface area contributed by atoms with E-state index in [9.17, 15) is 13.2 Å². The standard InChI is InChI=1S/C11H6F3N2O/c12-6-5-7(9(13)10(14)11(6)15)17-8-3-1-2-4-16-8/h1-2,4-5H,15H2. The molecule has 0 unspecified atom stereocenters. The van der Waals surface area contributed by atoms with Gasteiger partial charge in [-0.1, -0.05) is 0 Å². The third kappa shape index (κ3) is 2.15. The fourth-order valence-electron chi connectivity index (χ4n) is 1.13. The number of nitrogens with two attached hydrogens (primary N) is 1. The summed E-state index contributed by atoms with van der Waals surface area (Å²) in [6.07, 6.45) is 1.37. The number of nitrogen functional groups attached to an aromatic ring is 1. The summed E-state index contributed by atoms with van der Waals surface area (Å²) in [4.78, 5) is 3.68. The number of halogens is 3. The van der Waals surface area contributed by atoms with Gasteiger partial charge in [0, 0.05) is 18.3 Å². The molecule has 0 aliphatic rings. The molecule has 1 aromatic heterocycles. The maximum Gasteiger partial charge on any atom is 0.227 e. The van der Waals surface area contributed by atoms with Crippen molar-refractivity contribution in [3.05, 3.63) is 47.9 Å². The summed E-state index contributed by atoms with van der Waals surface area (Å²) in [5.74, 6) is -4.70. The van der Waals surface area contributed by atoms with E-state index in [1.807, 2.05) is 0 Å². The Morgan fingerprint density at radius 2 is 2.00 bits per heavy atom. The van der Waals surface area contributed by atoms with Gasteiger partial charge in [0.25, 0.3) is 0 Å². The molecule has 3 nitrogen and oxygen atoms in total. The van der Waals surface area contributed by atoms with Crippen LogP contribution in [-0.4, -0.2) is 4.98 Å². The summed E-state index contributed by atoms with van der Waals surface area (Å²) in [5, 5.41) is 0. The molecule has 1 radical (unpaired) electrons. The van der Waals surface area contributed by atoms with Crippen LogP contribution >= 0.6 is 0 Å². The number of rotatable bonds is 2. The largest absolute Gasteiger partial charge is 0.435 e. The van der Waals surface area contributed by atoms with Crippen LogP contribution in [0.25, 0.3) is 0 Å². The fourth-order valence-corrected chi connectivity index (χ4v) is 1.13. The van der Waals surface area contributed by atoms with Crippen molar-refractivity contribution in [2.24, 2.45) is 0 Å². The maximum absolute atomic E-state index is 13.3. The number of hydrogen-bond acceptors (Lipinski definition) is 3. The van der Waals surface area contributed by atoms with Gasteiger partial charge in [0.1, 0.15) is 5.69 Å². The van der Waals surface area contributed by atoms with E-state index >= 15 is 0 Å². The number of benzene rings is 1. The summed E-state index contributed by atoms with van der Waals surface area (Å²) in [7, 11) is 0. The molecule has 0 bridgehead atoms. The number of pyridine rings is 1. The van der Waals surface area contributed by atoms with E-state index in [-0.39, 0.29) is 5.88 Å². The first-order valence-electron chi connectivity index (χ1n) is 4.53. The Hall–Kier alpha value is -2.24. The molecule has 0 saturated heterocycles. The number of aromatic nitrogens is 1. The smallest absolute Gasteiger partial charge is 0.227 e. The predicted octanol–water partition coefficient (Wildman–Crippen LogP) is 2.67. The first-order valence-corrected chi connectivity index (χ1v) is 4.53. The topological polar surface area (TPSA) is 48.1 Å². The van der Waals surface area contributed by atoms with Gasteiger partial charge in [-0.15, -0.1) is 0 Å². The quantitative estimate of drug-likeness (QED) is 0.647. The molecule has 0 aliphatic heterocycles. The molecular weight excluding hydrogens is 233 g/mol. The van der Waals surface area contributed by atoms with Crippen LogP contribution in [0.1, 0.15) is 0 Å². The zero-order chi connectivity index (χ0) is 12.4. The minimum absolute atomic E-state index is 0.102. The van der Waals surface area contributed by atoms with Gasteiger partial charge in [0.2, 0.25) is 11.7 Å². The van der Waals surface area contributed by atoms with Crippen LogP contribution in [0.15, 0.2) is 24.4 Å². The molecule has 0 fully saturated rings. The number of hydrogen-bond donors (Lipinski definition) is 1. The van der Waals surface area contributed by atoms with Crippen LogP contribution in [-0.2, 0) is 0 Å². The lowest BCUT2D eigenvalue weighted by molar-refractivity contribution is 0.399. The Labute approximate surface area is 94.7 Å². The molecule has 0 aliphatic carbocycles. The SMILES string of the molecule is Nc1c(F)cc(Oc2[c]cccn2)c(F)c1F. The van der Waals surface area contributed by atoms with Gasteiger partial charge in [-0.25, -0.2) is 13.8 Å². The molecule has 2 aromatic rings. The van der Waals surface area contributed by atoms with Crippen molar-refractivity contribution in [3.8, 4) is 11.6 Å². The Morgan fingerprint density at radius 1 is 1.24 bits per heavy atom. The minimum atomic E-state index is -1.49. The summed E-state index contributed by atoms with van der Waals surface area (Å²) < 4.78 is 44.4. The second-order valence-electron chi connectivity index (χ2n) is 3.09. The average molecular weight is 239 g/mol. The highest BCUT2D eigenvalue weighted by Crippen LogP contribution is 2.29. The van der Waals surface area contributed by atoms with Crippen molar-refractivity contribution in [1.29, 1.82) is 0 Å². The Balaban J connectivity index is 2.41. The van der Waals surface area contributed by atoms with E-state index in [0.29, 0.717) is 6.07 Å². The molecule has 17 heavy (non-hydrogen) atoms. The molecule has 2 N–H and O–H groups in total. The third-order valence-corrected chi connectivity index (χ3v) is 1.95.